The minimum absolute atomic E-state index is 0.0332. The Balaban J connectivity index is 2.01. The van der Waals surface area contributed by atoms with Crippen molar-refractivity contribution in [3.63, 3.8) is 0 Å². The Labute approximate surface area is 142 Å². The number of benzene rings is 1. The molecule has 0 fully saturated rings. The Hall–Kier alpha value is -2.69. The number of hydrogen-bond acceptors (Lipinski definition) is 4. The van der Waals surface area contributed by atoms with Crippen molar-refractivity contribution in [1.82, 2.24) is 10.3 Å². The van der Waals surface area contributed by atoms with Gasteiger partial charge in [-0.15, -0.1) is 0 Å². The summed E-state index contributed by atoms with van der Waals surface area (Å²) in [7, 11) is 0. The lowest BCUT2D eigenvalue weighted by molar-refractivity contribution is 0.0946. The van der Waals surface area contributed by atoms with Crippen LogP contribution < -0.4 is 10.6 Å². The highest BCUT2D eigenvalue weighted by molar-refractivity contribution is 5.94. The predicted octanol–water partition coefficient (Wildman–Crippen LogP) is 3.80. The van der Waals surface area contributed by atoms with Crippen LogP contribution in [0.5, 0.6) is 0 Å². The van der Waals surface area contributed by atoms with Crippen LogP contribution in [0.25, 0.3) is 0 Å². The zero-order valence-electron chi connectivity index (χ0n) is 14.3. The van der Waals surface area contributed by atoms with Gasteiger partial charge in [0.15, 0.2) is 5.78 Å². The van der Waals surface area contributed by atoms with E-state index in [1.807, 2.05) is 12.1 Å². The Kier molecular flexibility index (Phi) is 6.07. The zero-order valence-corrected chi connectivity index (χ0v) is 14.3. The molecule has 1 heterocycles. The molecule has 5 nitrogen and oxygen atoms in total. The second-order valence-corrected chi connectivity index (χ2v) is 6.13. The van der Waals surface area contributed by atoms with Gasteiger partial charge in [-0.25, -0.2) is 0 Å². The molecule has 0 aliphatic rings. The summed E-state index contributed by atoms with van der Waals surface area (Å²) >= 11 is 0. The number of pyridine rings is 1. The molecule has 0 spiro atoms. The molecule has 1 aromatic carbocycles. The molecular formula is C19H23N3O2. The van der Waals surface area contributed by atoms with E-state index >= 15 is 0 Å². The van der Waals surface area contributed by atoms with Crippen molar-refractivity contribution >= 4 is 23.1 Å². The lowest BCUT2D eigenvalue weighted by Crippen LogP contribution is -2.26. The van der Waals surface area contributed by atoms with Gasteiger partial charge in [-0.05, 0) is 55.7 Å². The summed E-state index contributed by atoms with van der Waals surface area (Å²) < 4.78 is 0. The van der Waals surface area contributed by atoms with Crippen molar-refractivity contribution in [3.8, 4) is 0 Å². The Morgan fingerprint density at radius 1 is 1.08 bits per heavy atom. The Morgan fingerprint density at radius 3 is 2.42 bits per heavy atom. The lowest BCUT2D eigenvalue weighted by atomic mass is 10.1. The van der Waals surface area contributed by atoms with Gasteiger partial charge in [-0.1, -0.05) is 13.8 Å². The van der Waals surface area contributed by atoms with Crippen LogP contribution in [0.3, 0.4) is 0 Å². The van der Waals surface area contributed by atoms with Crippen molar-refractivity contribution in [2.24, 2.45) is 5.92 Å². The van der Waals surface area contributed by atoms with Crippen molar-refractivity contribution in [1.29, 1.82) is 0 Å². The number of carbonyl (C=O) groups is 2. The van der Waals surface area contributed by atoms with Gasteiger partial charge in [-0.2, -0.15) is 0 Å². The molecule has 0 aliphatic heterocycles. The third kappa shape index (κ3) is 5.19. The third-order valence-corrected chi connectivity index (χ3v) is 3.58. The first-order chi connectivity index (χ1) is 11.5. The summed E-state index contributed by atoms with van der Waals surface area (Å²) in [5, 5.41) is 6.08. The van der Waals surface area contributed by atoms with E-state index in [9.17, 15) is 9.59 Å². The fraction of sp³-hybridized carbons (Fsp3) is 0.316. The summed E-state index contributed by atoms with van der Waals surface area (Å²) in [6.07, 6.45) is 2.54. The van der Waals surface area contributed by atoms with E-state index in [2.05, 4.69) is 29.5 Å². The standard InChI is InChI=1S/C19H23N3O2/c1-13(2)8-10-21-19(24)18-12-17(9-11-20-18)22-16-6-4-15(5-7-16)14(3)23/h4-7,9,11-13H,8,10H2,1-3H3,(H,20,22)(H,21,24). The molecular weight excluding hydrogens is 302 g/mol. The first-order valence-corrected chi connectivity index (χ1v) is 8.08. The third-order valence-electron chi connectivity index (χ3n) is 3.58. The van der Waals surface area contributed by atoms with Gasteiger partial charge in [-0.3, -0.25) is 14.6 Å². The first kappa shape index (κ1) is 17.7. The molecule has 5 heteroatoms. The summed E-state index contributed by atoms with van der Waals surface area (Å²) in [4.78, 5) is 27.5. The van der Waals surface area contributed by atoms with E-state index in [0.717, 1.165) is 17.8 Å². The van der Waals surface area contributed by atoms with Gasteiger partial charge >= 0.3 is 0 Å². The Bertz CT molecular complexity index is 709. The smallest absolute Gasteiger partial charge is 0.269 e. The van der Waals surface area contributed by atoms with Crippen LogP contribution in [0, 0.1) is 5.92 Å². The van der Waals surface area contributed by atoms with Gasteiger partial charge in [0, 0.05) is 29.7 Å². The molecule has 2 N–H and O–H groups in total. The maximum atomic E-state index is 12.1. The maximum absolute atomic E-state index is 12.1. The fourth-order valence-electron chi connectivity index (χ4n) is 2.15. The van der Waals surface area contributed by atoms with E-state index < -0.39 is 0 Å². The molecule has 0 aliphatic carbocycles. The monoisotopic (exact) mass is 325 g/mol. The predicted molar refractivity (Wildman–Crippen MR) is 95.8 cm³/mol. The van der Waals surface area contributed by atoms with Crippen LogP contribution in [-0.4, -0.2) is 23.2 Å². The number of carbonyl (C=O) groups excluding carboxylic acids is 2. The normalized spacial score (nSPS) is 10.5. The highest BCUT2D eigenvalue weighted by atomic mass is 16.1. The van der Waals surface area contributed by atoms with Crippen LogP contribution in [0.1, 0.15) is 48.0 Å². The zero-order chi connectivity index (χ0) is 17.5. The number of rotatable bonds is 7. The number of hydrogen-bond donors (Lipinski definition) is 2. The maximum Gasteiger partial charge on any atom is 0.269 e. The minimum Gasteiger partial charge on any atom is -0.355 e. The van der Waals surface area contributed by atoms with E-state index in [-0.39, 0.29) is 11.7 Å². The summed E-state index contributed by atoms with van der Waals surface area (Å²) in [5.74, 6) is 0.404. The van der Waals surface area contributed by atoms with Gasteiger partial charge in [0.05, 0.1) is 0 Å². The van der Waals surface area contributed by atoms with Crippen LogP contribution in [0.4, 0.5) is 11.4 Å². The van der Waals surface area contributed by atoms with Gasteiger partial charge in [0.2, 0.25) is 0 Å². The van der Waals surface area contributed by atoms with Crippen LogP contribution in [0.2, 0.25) is 0 Å². The molecule has 1 amide bonds. The first-order valence-electron chi connectivity index (χ1n) is 8.08. The number of Topliss-reactive ketones (excluding diaryl/α,β-unsaturated/α-hetero) is 1. The number of amides is 1. The van der Waals surface area contributed by atoms with E-state index in [4.69, 9.17) is 0 Å². The average molecular weight is 325 g/mol. The average Bonchev–Trinajstić information content (AvgIpc) is 2.55. The lowest BCUT2D eigenvalue weighted by Gasteiger charge is -2.09. The van der Waals surface area contributed by atoms with E-state index in [1.54, 1.807) is 30.5 Å². The summed E-state index contributed by atoms with van der Waals surface area (Å²) in [6.45, 7) is 6.41. The molecule has 0 unspecified atom stereocenters. The minimum atomic E-state index is -0.175. The number of ketones is 1. The van der Waals surface area contributed by atoms with Gasteiger partial charge in [0.1, 0.15) is 5.69 Å². The van der Waals surface area contributed by atoms with E-state index in [0.29, 0.717) is 23.7 Å². The van der Waals surface area contributed by atoms with Crippen LogP contribution >= 0.6 is 0 Å². The molecule has 126 valence electrons. The molecule has 0 saturated heterocycles. The summed E-state index contributed by atoms with van der Waals surface area (Å²) in [6, 6.07) is 10.7. The van der Waals surface area contributed by atoms with Crippen molar-refractivity contribution in [2.75, 3.05) is 11.9 Å². The highest BCUT2D eigenvalue weighted by Crippen LogP contribution is 2.17. The topological polar surface area (TPSA) is 71.1 Å². The summed E-state index contributed by atoms with van der Waals surface area (Å²) in [5.41, 5.74) is 2.66. The van der Waals surface area contributed by atoms with Crippen LogP contribution in [0.15, 0.2) is 42.6 Å². The van der Waals surface area contributed by atoms with Crippen molar-refractivity contribution in [3.05, 3.63) is 53.9 Å². The number of nitrogens with one attached hydrogen (secondary N) is 2. The van der Waals surface area contributed by atoms with E-state index in [1.165, 1.54) is 6.92 Å². The number of aromatic nitrogens is 1. The molecule has 24 heavy (non-hydrogen) atoms. The Morgan fingerprint density at radius 2 is 1.79 bits per heavy atom. The fourth-order valence-corrected chi connectivity index (χ4v) is 2.15. The second kappa shape index (κ2) is 8.24. The van der Waals surface area contributed by atoms with Crippen molar-refractivity contribution in [2.45, 2.75) is 27.2 Å². The molecule has 2 aromatic rings. The number of anilines is 2. The van der Waals surface area contributed by atoms with Crippen molar-refractivity contribution < 1.29 is 9.59 Å². The number of nitrogens with zero attached hydrogens (tertiary/aromatic N) is 1. The molecule has 0 bridgehead atoms. The van der Waals surface area contributed by atoms with Crippen LogP contribution in [-0.2, 0) is 0 Å². The molecule has 1 aromatic heterocycles. The highest BCUT2D eigenvalue weighted by Gasteiger charge is 2.08. The molecule has 2 rings (SSSR count). The molecule has 0 saturated carbocycles. The largest absolute Gasteiger partial charge is 0.355 e. The quantitative estimate of drug-likeness (QED) is 0.760. The molecule has 0 radical (unpaired) electrons. The van der Waals surface area contributed by atoms with Gasteiger partial charge in [0.25, 0.3) is 5.91 Å². The second-order valence-electron chi connectivity index (χ2n) is 6.13. The van der Waals surface area contributed by atoms with Gasteiger partial charge < -0.3 is 10.6 Å². The SMILES string of the molecule is CC(=O)c1ccc(Nc2ccnc(C(=O)NCCC(C)C)c2)cc1. The molecule has 0 atom stereocenters.